The molecule has 1 saturated heterocycles. The van der Waals surface area contributed by atoms with Gasteiger partial charge in [-0.2, -0.15) is 0 Å². The van der Waals surface area contributed by atoms with Crippen LogP contribution in [0.5, 0.6) is 0 Å². The number of anilines is 1. The summed E-state index contributed by atoms with van der Waals surface area (Å²) in [6, 6.07) is 0. The van der Waals surface area contributed by atoms with Crippen molar-refractivity contribution in [2.75, 3.05) is 32.0 Å². The van der Waals surface area contributed by atoms with Crippen LogP contribution >= 0.6 is 0 Å². The zero-order valence-corrected chi connectivity index (χ0v) is 10.6. The highest BCUT2D eigenvalue weighted by molar-refractivity contribution is 5.78. The third-order valence-electron chi connectivity index (χ3n) is 3.28. The molecular weight excluding hydrogens is 230 g/mol. The largest absolute Gasteiger partial charge is 0.372 e. The molecule has 0 aromatic carbocycles. The fraction of sp³-hybridized carbons (Fsp3) is 0.583. The molecule has 0 spiro atoms. The van der Waals surface area contributed by atoms with Gasteiger partial charge in [0.05, 0.1) is 18.4 Å². The molecule has 6 nitrogen and oxygen atoms in total. The van der Waals surface area contributed by atoms with E-state index in [2.05, 4.69) is 15.3 Å². The first kappa shape index (κ1) is 12.8. The molecule has 0 radical (unpaired) electrons. The zero-order valence-electron chi connectivity index (χ0n) is 10.6. The summed E-state index contributed by atoms with van der Waals surface area (Å²) in [7, 11) is 1.82. The summed E-state index contributed by atoms with van der Waals surface area (Å²) in [5, 5.41) is 2.98. The second kappa shape index (κ2) is 5.77. The lowest BCUT2D eigenvalue weighted by Gasteiger charge is -2.32. The minimum absolute atomic E-state index is 0.0115. The fourth-order valence-electron chi connectivity index (χ4n) is 2.27. The molecule has 1 atom stereocenters. The van der Waals surface area contributed by atoms with E-state index < -0.39 is 0 Å². The van der Waals surface area contributed by atoms with Gasteiger partial charge < -0.3 is 16.0 Å². The first-order valence-electron chi connectivity index (χ1n) is 6.22. The van der Waals surface area contributed by atoms with Gasteiger partial charge in [-0.05, 0) is 12.8 Å². The first-order valence-corrected chi connectivity index (χ1v) is 6.22. The van der Waals surface area contributed by atoms with Crippen LogP contribution in [-0.4, -0.2) is 47.5 Å². The van der Waals surface area contributed by atoms with Crippen LogP contribution in [0, 0.1) is 0 Å². The van der Waals surface area contributed by atoms with Gasteiger partial charge in [0.25, 0.3) is 0 Å². The lowest BCUT2D eigenvalue weighted by molar-refractivity contribution is -0.130. The van der Waals surface area contributed by atoms with E-state index in [0.29, 0.717) is 6.54 Å². The Bertz CT molecular complexity index is 423. The van der Waals surface area contributed by atoms with E-state index in [4.69, 9.17) is 5.73 Å². The normalized spacial score (nSPS) is 19.7. The lowest BCUT2D eigenvalue weighted by atomic mass is 9.95. The molecule has 0 saturated carbocycles. The van der Waals surface area contributed by atoms with Gasteiger partial charge >= 0.3 is 0 Å². The summed E-state index contributed by atoms with van der Waals surface area (Å²) in [6.45, 7) is 1.57. The van der Waals surface area contributed by atoms with Crippen molar-refractivity contribution in [1.29, 1.82) is 0 Å². The van der Waals surface area contributed by atoms with Crippen molar-refractivity contribution in [3.05, 3.63) is 18.1 Å². The average Bonchev–Trinajstić information content (AvgIpc) is 2.46. The standard InChI is InChI=1S/C12H19N5O/c1-14-11-7-15-6-10(16-11)9-3-2-4-17(8-9)12(18)5-13/h6-7,9H,2-5,8,13H2,1H3,(H,14,16)/t9-/m0/s1. The van der Waals surface area contributed by atoms with Crippen molar-refractivity contribution >= 4 is 11.7 Å². The molecule has 2 rings (SSSR count). The van der Waals surface area contributed by atoms with E-state index in [0.717, 1.165) is 30.9 Å². The van der Waals surface area contributed by atoms with E-state index in [9.17, 15) is 4.79 Å². The molecule has 18 heavy (non-hydrogen) atoms. The van der Waals surface area contributed by atoms with Gasteiger partial charge in [-0.15, -0.1) is 0 Å². The van der Waals surface area contributed by atoms with Gasteiger partial charge in [-0.1, -0.05) is 0 Å². The maximum atomic E-state index is 11.6. The predicted molar refractivity (Wildman–Crippen MR) is 69.2 cm³/mol. The van der Waals surface area contributed by atoms with E-state index >= 15 is 0 Å². The Labute approximate surface area is 107 Å². The molecule has 1 aromatic heterocycles. The maximum Gasteiger partial charge on any atom is 0.236 e. The Hall–Kier alpha value is -1.69. The molecular formula is C12H19N5O. The van der Waals surface area contributed by atoms with Crippen LogP contribution in [-0.2, 0) is 4.79 Å². The van der Waals surface area contributed by atoms with Crippen LogP contribution in [0.3, 0.4) is 0 Å². The summed E-state index contributed by atoms with van der Waals surface area (Å²) in [5.41, 5.74) is 6.34. The van der Waals surface area contributed by atoms with Gasteiger partial charge in [0, 0.05) is 32.3 Å². The molecule has 3 N–H and O–H groups in total. The smallest absolute Gasteiger partial charge is 0.236 e. The lowest BCUT2D eigenvalue weighted by Crippen LogP contribution is -2.42. The number of nitrogens with one attached hydrogen (secondary N) is 1. The van der Waals surface area contributed by atoms with Crippen LogP contribution in [0.15, 0.2) is 12.4 Å². The van der Waals surface area contributed by atoms with E-state index in [-0.39, 0.29) is 18.4 Å². The minimum Gasteiger partial charge on any atom is -0.372 e. The Morgan fingerprint density at radius 3 is 3.17 bits per heavy atom. The highest BCUT2D eigenvalue weighted by Gasteiger charge is 2.25. The second-order valence-electron chi connectivity index (χ2n) is 4.46. The average molecular weight is 249 g/mol. The number of rotatable bonds is 3. The monoisotopic (exact) mass is 249 g/mol. The molecule has 1 fully saturated rings. The van der Waals surface area contributed by atoms with Crippen molar-refractivity contribution in [2.24, 2.45) is 5.73 Å². The molecule has 98 valence electrons. The molecule has 1 aliphatic rings. The second-order valence-corrected chi connectivity index (χ2v) is 4.46. The van der Waals surface area contributed by atoms with Gasteiger partial charge in [-0.25, -0.2) is 4.98 Å². The van der Waals surface area contributed by atoms with Crippen molar-refractivity contribution < 1.29 is 4.79 Å². The number of carbonyl (C=O) groups excluding carboxylic acids is 1. The first-order chi connectivity index (χ1) is 8.74. The molecule has 1 amide bonds. The van der Waals surface area contributed by atoms with Crippen LogP contribution < -0.4 is 11.1 Å². The number of carbonyl (C=O) groups is 1. The third kappa shape index (κ3) is 2.76. The SMILES string of the molecule is CNc1cncc([C@H]2CCCN(C(=O)CN)C2)n1. The Morgan fingerprint density at radius 1 is 1.61 bits per heavy atom. The molecule has 0 aliphatic carbocycles. The van der Waals surface area contributed by atoms with Crippen molar-refractivity contribution in [2.45, 2.75) is 18.8 Å². The van der Waals surface area contributed by atoms with E-state index in [1.165, 1.54) is 0 Å². The number of amides is 1. The Kier molecular flexibility index (Phi) is 4.09. The summed E-state index contributed by atoms with van der Waals surface area (Å²) in [4.78, 5) is 22.1. The maximum absolute atomic E-state index is 11.6. The molecule has 0 unspecified atom stereocenters. The number of piperidine rings is 1. The van der Waals surface area contributed by atoms with E-state index in [1.807, 2.05) is 11.9 Å². The minimum atomic E-state index is 0.0115. The molecule has 1 aliphatic heterocycles. The molecule has 6 heteroatoms. The number of hydrogen-bond donors (Lipinski definition) is 2. The number of likely N-dealkylation sites (tertiary alicyclic amines) is 1. The predicted octanol–water partition coefficient (Wildman–Crippen LogP) is 0.183. The molecule has 1 aromatic rings. The summed E-state index contributed by atoms with van der Waals surface area (Å²) >= 11 is 0. The summed E-state index contributed by atoms with van der Waals surface area (Å²) < 4.78 is 0. The van der Waals surface area contributed by atoms with Gasteiger partial charge in [0.15, 0.2) is 0 Å². The van der Waals surface area contributed by atoms with Gasteiger partial charge in [0.2, 0.25) is 5.91 Å². The number of nitrogens with zero attached hydrogens (tertiary/aromatic N) is 3. The third-order valence-corrected chi connectivity index (χ3v) is 3.28. The van der Waals surface area contributed by atoms with Crippen molar-refractivity contribution in [1.82, 2.24) is 14.9 Å². The quantitative estimate of drug-likeness (QED) is 0.798. The van der Waals surface area contributed by atoms with Gasteiger partial charge in [0.1, 0.15) is 5.82 Å². The Balaban J connectivity index is 2.10. The molecule has 2 heterocycles. The Morgan fingerprint density at radius 2 is 2.44 bits per heavy atom. The summed E-state index contributed by atoms with van der Waals surface area (Å²) in [6.07, 6.45) is 5.50. The van der Waals surface area contributed by atoms with Crippen LogP contribution in [0.4, 0.5) is 5.82 Å². The highest BCUT2D eigenvalue weighted by Crippen LogP contribution is 2.25. The zero-order chi connectivity index (χ0) is 13.0. The fourth-order valence-corrected chi connectivity index (χ4v) is 2.27. The van der Waals surface area contributed by atoms with Crippen LogP contribution in [0.1, 0.15) is 24.5 Å². The highest BCUT2D eigenvalue weighted by atomic mass is 16.2. The number of hydrogen-bond acceptors (Lipinski definition) is 5. The van der Waals surface area contributed by atoms with Crippen molar-refractivity contribution in [3.63, 3.8) is 0 Å². The van der Waals surface area contributed by atoms with E-state index in [1.54, 1.807) is 12.4 Å². The van der Waals surface area contributed by atoms with Gasteiger partial charge in [-0.3, -0.25) is 9.78 Å². The van der Waals surface area contributed by atoms with Crippen molar-refractivity contribution in [3.8, 4) is 0 Å². The molecule has 0 bridgehead atoms. The number of aromatic nitrogens is 2. The van der Waals surface area contributed by atoms with Crippen LogP contribution in [0.2, 0.25) is 0 Å². The summed E-state index contributed by atoms with van der Waals surface area (Å²) in [5.74, 6) is 1.03. The topological polar surface area (TPSA) is 84.1 Å². The number of nitrogens with two attached hydrogens (primary N) is 1. The van der Waals surface area contributed by atoms with Crippen LogP contribution in [0.25, 0.3) is 0 Å².